The van der Waals surface area contributed by atoms with Crippen LogP contribution in [0.15, 0.2) is 48.8 Å². The van der Waals surface area contributed by atoms with Crippen molar-refractivity contribution >= 4 is 11.9 Å². The summed E-state index contributed by atoms with van der Waals surface area (Å²) in [6.07, 6.45) is 6.49. The van der Waals surface area contributed by atoms with Crippen molar-refractivity contribution in [1.82, 2.24) is 4.98 Å². The summed E-state index contributed by atoms with van der Waals surface area (Å²) < 4.78 is 10.5. The van der Waals surface area contributed by atoms with Gasteiger partial charge in [0.25, 0.3) is 0 Å². The van der Waals surface area contributed by atoms with Crippen LogP contribution in [0.4, 0.5) is 0 Å². The molecule has 1 aromatic heterocycles. The number of allylic oxidation sites excluding steroid dienone is 1. The van der Waals surface area contributed by atoms with Gasteiger partial charge in [-0.05, 0) is 35.9 Å². The third-order valence-electron chi connectivity index (χ3n) is 2.79. The molecule has 0 bridgehead atoms. The number of aromatic nitrogens is 1. The Bertz CT molecular complexity index is 635. The van der Waals surface area contributed by atoms with Gasteiger partial charge >= 0.3 is 0 Å². The van der Waals surface area contributed by atoms with E-state index >= 15 is 0 Å². The van der Waals surface area contributed by atoms with Crippen LogP contribution in [0.5, 0.6) is 11.5 Å². The van der Waals surface area contributed by atoms with Gasteiger partial charge < -0.3 is 9.47 Å². The number of fused-ring (bicyclic) bond motifs is 1. The Morgan fingerprint density at radius 3 is 2.74 bits per heavy atom. The third-order valence-corrected chi connectivity index (χ3v) is 2.79. The van der Waals surface area contributed by atoms with Crippen molar-refractivity contribution in [1.29, 1.82) is 0 Å². The van der Waals surface area contributed by atoms with Gasteiger partial charge in [0.15, 0.2) is 17.3 Å². The molecule has 94 valence electrons. The molecule has 0 N–H and O–H groups in total. The van der Waals surface area contributed by atoms with Crippen LogP contribution >= 0.6 is 0 Å². The molecule has 0 radical (unpaired) electrons. The minimum Gasteiger partial charge on any atom is -0.454 e. The van der Waals surface area contributed by atoms with Crippen LogP contribution < -0.4 is 9.47 Å². The zero-order valence-electron chi connectivity index (χ0n) is 10.1. The first kappa shape index (κ1) is 11.5. The van der Waals surface area contributed by atoms with Gasteiger partial charge in [0.2, 0.25) is 6.79 Å². The first-order chi connectivity index (χ1) is 9.33. The van der Waals surface area contributed by atoms with Gasteiger partial charge in [-0.3, -0.25) is 9.78 Å². The molecule has 1 aliphatic rings. The van der Waals surface area contributed by atoms with Crippen molar-refractivity contribution in [2.75, 3.05) is 6.79 Å². The van der Waals surface area contributed by atoms with Crippen molar-refractivity contribution in [2.24, 2.45) is 0 Å². The maximum Gasteiger partial charge on any atom is 0.231 e. The van der Waals surface area contributed by atoms with Gasteiger partial charge in [-0.25, -0.2) is 0 Å². The average Bonchev–Trinajstić information content (AvgIpc) is 2.93. The smallest absolute Gasteiger partial charge is 0.231 e. The SMILES string of the molecule is O=C(/C=C/c1ccc2c(c1)OCO2)c1ccncc1. The van der Waals surface area contributed by atoms with Crippen molar-refractivity contribution in [2.45, 2.75) is 0 Å². The lowest BCUT2D eigenvalue weighted by atomic mass is 10.1. The second kappa shape index (κ2) is 4.94. The van der Waals surface area contributed by atoms with Crippen LogP contribution in [0.3, 0.4) is 0 Å². The minimum atomic E-state index is -0.0555. The van der Waals surface area contributed by atoms with Gasteiger partial charge in [-0.1, -0.05) is 12.1 Å². The molecule has 0 saturated heterocycles. The van der Waals surface area contributed by atoms with E-state index in [1.54, 1.807) is 30.6 Å². The Balaban J connectivity index is 1.78. The topological polar surface area (TPSA) is 48.4 Å². The number of carbonyl (C=O) groups is 1. The highest BCUT2D eigenvalue weighted by Crippen LogP contribution is 2.32. The highest BCUT2D eigenvalue weighted by atomic mass is 16.7. The lowest BCUT2D eigenvalue weighted by molar-refractivity contribution is 0.104. The highest BCUT2D eigenvalue weighted by molar-refractivity contribution is 6.06. The second-order valence-electron chi connectivity index (χ2n) is 4.05. The zero-order valence-corrected chi connectivity index (χ0v) is 10.1. The predicted octanol–water partition coefficient (Wildman–Crippen LogP) is 2.71. The molecule has 0 fully saturated rings. The number of hydrogen-bond donors (Lipinski definition) is 0. The van der Waals surface area contributed by atoms with E-state index in [-0.39, 0.29) is 12.6 Å². The van der Waals surface area contributed by atoms with E-state index in [1.807, 2.05) is 18.2 Å². The maximum atomic E-state index is 11.9. The number of hydrogen-bond acceptors (Lipinski definition) is 4. The van der Waals surface area contributed by atoms with Crippen LogP contribution in [0.2, 0.25) is 0 Å². The van der Waals surface area contributed by atoms with Gasteiger partial charge in [0, 0.05) is 18.0 Å². The largest absolute Gasteiger partial charge is 0.454 e. The molecule has 0 aliphatic carbocycles. The lowest BCUT2D eigenvalue weighted by Crippen LogP contribution is -1.93. The van der Waals surface area contributed by atoms with Crippen molar-refractivity contribution in [3.05, 3.63) is 59.9 Å². The van der Waals surface area contributed by atoms with Gasteiger partial charge in [-0.15, -0.1) is 0 Å². The van der Waals surface area contributed by atoms with Crippen LogP contribution in [-0.2, 0) is 0 Å². The number of ether oxygens (including phenoxy) is 2. The van der Waals surface area contributed by atoms with Crippen molar-refractivity contribution < 1.29 is 14.3 Å². The Labute approximate surface area is 110 Å². The Hall–Kier alpha value is -2.62. The minimum absolute atomic E-state index is 0.0555. The lowest BCUT2D eigenvalue weighted by Gasteiger charge is -1.98. The summed E-state index contributed by atoms with van der Waals surface area (Å²) in [5.74, 6) is 1.39. The predicted molar refractivity (Wildman–Crippen MR) is 70.2 cm³/mol. The van der Waals surface area contributed by atoms with Gasteiger partial charge in [0.1, 0.15) is 0 Å². The maximum absolute atomic E-state index is 11.9. The molecule has 0 unspecified atom stereocenters. The number of pyridine rings is 1. The third kappa shape index (κ3) is 2.47. The quantitative estimate of drug-likeness (QED) is 0.623. The summed E-state index contributed by atoms with van der Waals surface area (Å²) in [6.45, 7) is 0.248. The molecule has 0 amide bonds. The fraction of sp³-hybridized carbons (Fsp3) is 0.0667. The van der Waals surface area contributed by atoms with E-state index in [2.05, 4.69) is 4.98 Å². The number of benzene rings is 1. The first-order valence-electron chi connectivity index (χ1n) is 5.85. The van der Waals surface area contributed by atoms with Crippen LogP contribution in [-0.4, -0.2) is 17.6 Å². The van der Waals surface area contributed by atoms with E-state index in [0.29, 0.717) is 11.3 Å². The number of carbonyl (C=O) groups excluding carboxylic acids is 1. The molecule has 1 aromatic carbocycles. The monoisotopic (exact) mass is 253 g/mol. The molecule has 4 nitrogen and oxygen atoms in total. The summed E-state index contributed by atoms with van der Waals surface area (Å²) in [5.41, 5.74) is 1.51. The Morgan fingerprint density at radius 2 is 1.89 bits per heavy atom. The van der Waals surface area contributed by atoms with Crippen LogP contribution in [0.1, 0.15) is 15.9 Å². The molecule has 1 aliphatic heterocycles. The fourth-order valence-electron chi connectivity index (χ4n) is 1.80. The Morgan fingerprint density at radius 1 is 1.11 bits per heavy atom. The van der Waals surface area contributed by atoms with E-state index in [4.69, 9.17) is 9.47 Å². The van der Waals surface area contributed by atoms with Gasteiger partial charge in [0.05, 0.1) is 0 Å². The average molecular weight is 253 g/mol. The summed E-state index contributed by atoms with van der Waals surface area (Å²) in [6, 6.07) is 8.93. The molecule has 3 rings (SSSR count). The number of ketones is 1. The molecule has 19 heavy (non-hydrogen) atoms. The molecule has 0 saturated carbocycles. The van der Waals surface area contributed by atoms with E-state index in [0.717, 1.165) is 11.3 Å². The molecule has 2 aromatic rings. The van der Waals surface area contributed by atoms with Crippen molar-refractivity contribution in [3.63, 3.8) is 0 Å². The zero-order chi connectivity index (χ0) is 13.1. The molecule has 4 heteroatoms. The van der Waals surface area contributed by atoms with Gasteiger partial charge in [-0.2, -0.15) is 0 Å². The molecule has 2 heterocycles. The summed E-state index contributed by atoms with van der Waals surface area (Å²) in [4.78, 5) is 15.8. The first-order valence-corrected chi connectivity index (χ1v) is 5.85. The second-order valence-corrected chi connectivity index (χ2v) is 4.05. The van der Waals surface area contributed by atoms with Crippen LogP contribution in [0, 0.1) is 0 Å². The number of rotatable bonds is 3. The summed E-state index contributed by atoms with van der Waals surface area (Å²) >= 11 is 0. The van der Waals surface area contributed by atoms with Crippen LogP contribution in [0.25, 0.3) is 6.08 Å². The number of nitrogens with zero attached hydrogens (tertiary/aromatic N) is 1. The molecule has 0 spiro atoms. The fourth-order valence-corrected chi connectivity index (χ4v) is 1.80. The normalized spacial score (nSPS) is 12.8. The summed E-state index contributed by atoms with van der Waals surface area (Å²) in [7, 11) is 0. The molecular weight excluding hydrogens is 242 g/mol. The van der Waals surface area contributed by atoms with Crippen molar-refractivity contribution in [3.8, 4) is 11.5 Å². The molecular formula is C15H11NO3. The molecule has 0 atom stereocenters. The van der Waals surface area contributed by atoms with E-state index in [9.17, 15) is 4.79 Å². The summed E-state index contributed by atoms with van der Waals surface area (Å²) in [5, 5.41) is 0. The standard InChI is InChI=1S/C15H11NO3/c17-13(12-5-7-16-8-6-12)3-1-11-2-4-14-15(9-11)19-10-18-14/h1-9H,10H2/b3-1+. The van der Waals surface area contributed by atoms with E-state index < -0.39 is 0 Å². The highest BCUT2D eigenvalue weighted by Gasteiger charge is 2.12. The Kier molecular flexibility index (Phi) is 2.98. The van der Waals surface area contributed by atoms with E-state index in [1.165, 1.54) is 6.08 Å².